The average molecular weight is 355 g/mol. The Labute approximate surface area is 130 Å². The molecule has 0 saturated carbocycles. The number of carboxylic acids is 1. The van der Waals surface area contributed by atoms with E-state index in [-0.39, 0.29) is 17.5 Å². The van der Waals surface area contributed by atoms with Crippen LogP contribution in [0.1, 0.15) is 16.1 Å². The summed E-state index contributed by atoms with van der Waals surface area (Å²) in [7, 11) is 1.07. The van der Waals surface area contributed by atoms with Crippen LogP contribution in [0.3, 0.4) is 0 Å². The number of aliphatic carboxylic acids is 1. The summed E-state index contributed by atoms with van der Waals surface area (Å²) >= 11 is 0. The molecular weight excluding hydrogens is 345 g/mol. The van der Waals surface area contributed by atoms with E-state index in [9.17, 15) is 26.7 Å². The predicted molar refractivity (Wildman–Crippen MR) is 69.1 cm³/mol. The number of furan rings is 1. The second-order valence-electron chi connectivity index (χ2n) is 4.18. The highest BCUT2D eigenvalue weighted by Crippen LogP contribution is 2.28. The summed E-state index contributed by atoms with van der Waals surface area (Å²) in [6, 6.07) is 2.39. The van der Waals surface area contributed by atoms with Gasteiger partial charge in [-0.3, -0.25) is 0 Å². The largest absolute Gasteiger partial charge is 0.490 e. The van der Waals surface area contributed by atoms with Crippen molar-refractivity contribution in [3.05, 3.63) is 35.1 Å². The normalized spacial score (nSPS) is 11.0. The van der Waals surface area contributed by atoms with Crippen LogP contribution in [0.4, 0.5) is 22.0 Å². The summed E-state index contributed by atoms with van der Waals surface area (Å²) in [4.78, 5) is 20.3. The average Bonchev–Trinajstić information content (AvgIpc) is 2.89. The number of alkyl halides is 3. The van der Waals surface area contributed by atoms with Gasteiger partial charge in [-0.1, -0.05) is 0 Å². The predicted octanol–water partition coefficient (Wildman–Crippen LogP) is 2.59. The number of rotatable bonds is 2. The molecule has 0 saturated heterocycles. The lowest BCUT2D eigenvalue weighted by molar-refractivity contribution is -0.192. The van der Waals surface area contributed by atoms with E-state index >= 15 is 0 Å². The number of ether oxygens (including phenoxy) is 1. The van der Waals surface area contributed by atoms with Crippen LogP contribution in [0.2, 0.25) is 0 Å². The van der Waals surface area contributed by atoms with Crippen LogP contribution in [0, 0.1) is 11.6 Å². The molecule has 2 aromatic rings. The number of carbonyl (C=O) groups is 2. The fraction of sp³-hybridized carbons (Fsp3) is 0.231. The van der Waals surface area contributed by atoms with Crippen molar-refractivity contribution in [2.24, 2.45) is 5.73 Å². The first-order valence-corrected chi connectivity index (χ1v) is 6.01. The molecule has 6 nitrogen and oxygen atoms in total. The van der Waals surface area contributed by atoms with Crippen LogP contribution < -0.4 is 5.73 Å². The fourth-order valence-electron chi connectivity index (χ4n) is 1.56. The number of benzene rings is 1. The monoisotopic (exact) mass is 355 g/mol. The molecule has 0 aliphatic carbocycles. The summed E-state index contributed by atoms with van der Waals surface area (Å²) in [6.07, 6.45) is -5.08. The first-order valence-electron chi connectivity index (χ1n) is 6.01. The van der Waals surface area contributed by atoms with Crippen LogP contribution in [-0.2, 0) is 16.1 Å². The third-order valence-electron chi connectivity index (χ3n) is 2.58. The van der Waals surface area contributed by atoms with E-state index in [1.54, 1.807) is 0 Å². The van der Waals surface area contributed by atoms with Gasteiger partial charge in [-0.2, -0.15) is 13.2 Å². The first kappa shape index (κ1) is 19.4. The molecule has 0 spiro atoms. The molecule has 1 heterocycles. The lowest BCUT2D eigenvalue weighted by Gasteiger charge is -2.02. The smallest absolute Gasteiger partial charge is 0.475 e. The Morgan fingerprint density at radius 1 is 1.29 bits per heavy atom. The molecule has 11 heteroatoms. The Bertz CT molecular complexity index is 768. The van der Waals surface area contributed by atoms with E-state index < -0.39 is 35.3 Å². The Hall–Kier alpha value is -2.69. The summed E-state index contributed by atoms with van der Waals surface area (Å²) in [6.45, 7) is 0.0680. The van der Waals surface area contributed by atoms with Crippen molar-refractivity contribution in [2.45, 2.75) is 12.7 Å². The number of hydrogen-bond acceptors (Lipinski definition) is 5. The van der Waals surface area contributed by atoms with Crippen LogP contribution in [-0.4, -0.2) is 30.3 Å². The molecule has 0 amide bonds. The molecule has 0 aliphatic rings. The molecule has 0 bridgehead atoms. The number of halogens is 5. The maximum atomic E-state index is 13.5. The second-order valence-corrected chi connectivity index (χ2v) is 4.18. The van der Waals surface area contributed by atoms with Crippen molar-refractivity contribution >= 4 is 22.9 Å². The Morgan fingerprint density at radius 2 is 1.83 bits per heavy atom. The fourth-order valence-corrected chi connectivity index (χ4v) is 1.56. The van der Waals surface area contributed by atoms with Gasteiger partial charge in [-0.25, -0.2) is 18.4 Å². The third-order valence-corrected chi connectivity index (χ3v) is 2.58. The molecular formula is C13H10F5NO5. The van der Waals surface area contributed by atoms with Gasteiger partial charge in [0.25, 0.3) is 0 Å². The maximum Gasteiger partial charge on any atom is 0.490 e. The molecule has 2 rings (SSSR count). The SMILES string of the molecule is COC(=O)c1c(F)c(F)cc2cc(CN)oc12.O=C(O)C(F)(F)F. The molecule has 1 aromatic carbocycles. The standard InChI is InChI=1S/C11H9F2NO3.C2HF3O2/c1-16-11(15)8-9(13)7(12)3-5-2-6(4-14)17-10(5)8;3-2(4,5)1(6)7/h2-3H,4,14H2,1H3;(H,6,7). The van der Waals surface area contributed by atoms with E-state index in [0.717, 1.165) is 13.2 Å². The van der Waals surface area contributed by atoms with Gasteiger partial charge in [0.2, 0.25) is 0 Å². The highest BCUT2D eigenvalue weighted by Gasteiger charge is 2.38. The minimum Gasteiger partial charge on any atom is -0.475 e. The van der Waals surface area contributed by atoms with Gasteiger partial charge in [0.1, 0.15) is 11.3 Å². The molecule has 0 aliphatic heterocycles. The summed E-state index contributed by atoms with van der Waals surface area (Å²) < 4.78 is 68.1. The number of carboxylic acid groups (broad SMARTS) is 1. The van der Waals surface area contributed by atoms with Crippen molar-refractivity contribution in [3.8, 4) is 0 Å². The number of carbonyl (C=O) groups excluding carboxylic acids is 1. The quantitative estimate of drug-likeness (QED) is 0.634. The summed E-state index contributed by atoms with van der Waals surface area (Å²) in [5, 5.41) is 7.39. The van der Waals surface area contributed by atoms with Crippen LogP contribution >= 0.6 is 0 Å². The zero-order chi connectivity index (χ0) is 18.7. The molecule has 3 N–H and O–H groups in total. The zero-order valence-corrected chi connectivity index (χ0v) is 11.9. The van der Waals surface area contributed by atoms with Crippen LogP contribution in [0.15, 0.2) is 16.5 Å². The number of fused-ring (bicyclic) bond motifs is 1. The van der Waals surface area contributed by atoms with Crippen LogP contribution in [0.5, 0.6) is 0 Å². The van der Waals surface area contributed by atoms with Crippen molar-refractivity contribution in [3.63, 3.8) is 0 Å². The molecule has 0 unspecified atom stereocenters. The Balaban J connectivity index is 0.000000351. The molecule has 0 radical (unpaired) electrons. The van der Waals surface area contributed by atoms with Gasteiger partial charge in [-0.15, -0.1) is 0 Å². The molecule has 1 aromatic heterocycles. The molecule has 0 fully saturated rings. The number of hydrogen-bond donors (Lipinski definition) is 2. The van der Waals surface area contributed by atoms with Crippen molar-refractivity contribution in [1.82, 2.24) is 0 Å². The van der Waals surface area contributed by atoms with Gasteiger partial charge >= 0.3 is 18.1 Å². The van der Waals surface area contributed by atoms with Gasteiger partial charge in [0.15, 0.2) is 17.2 Å². The first-order chi connectivity index (χ1) is 11.0. The third kappa shape index (κ3) is 4.19. The highest BCUT2D eigenvalue weighted by atomic mass is 19.4. The number of methoxy groups -OCH3 is 1. The number of esters is 1. The van der Waals surface area contributed by atoms with Gasteiger partial charge in [-0.05, 0) is 12.1 Å². The number of nitrogens with two attached hydrogens (primary N) is 1. The highest BCUT2D eigenvalue weighted by molar-refractivity contribution is 6.02. The lowest BCUT2D eigenvalue weighted by atomic mass is 10.1. The van der Waals surface area contributed by atoms with Gasteiger partial charge < -0.3 is 20.0 Å². The van der Waals surface area contributed by atoms with E-state index in [1.807, 2.05) is 0 Å². The minimum atomic E-state index is -5.08. The van der Waals surface area contributed by atoms with Crippen molar-refractivity contribution < 1.29 is 45.8 Å². The molecule has 132 valence electrons. The van der Waals surface area contributed by atoms with Crippen molar-refractivity contribution in [1.29, 1.82) is 0 Å². The summed E-state index contributed by atoms with van der Waals surface area (Å²) in [5.74, 6) is -5.85. The topological polar surface area (TPSA) is 103 Å². The van der Waals surface area contributed by atoms with E-state index in [4.69, 9.17) is 20.1 Å². The second kappa shape index (κ2) is 7.25. The van der Waals surface area contributed by atoms with E-state index in [0.29, 0.717) is 5.76 Å². The Kier molecular flexibility index (Phi) is 5.85. The van der Waals surface area contributed by atoms with Gasteiger partial charge in [0, 0.05) is 5.39 Å². The summed E-state index contributed by atoms with van der Waals surface area (Å²) in [5.41, 5.74) is 4.74. The van der Waals surface area contributed by atoms with Gasteiger partial charge in [0.05, 0.1) is 13.7 Å². The van der Waals surface area contributed by atoms with Crippen molar-refractivity contribution in [2.75, 3.05) is 7.11 Å². The Morgan fingerprint density at radius 3 is 2.25 bits per heavy atom. The zero-order valence-electron chi connectivity index (χ0n) is 11.9. The lowest BCUT2D eigenvalue weighted by Crippen LogP contribution is -2.21. The van der Waals surface area contributed by atoms with E-state index in [1.165, 1.54) is 6.07 Å². The molecule has 0 atom stereocenters. The molecule has 24 heavy (non-hydrogen) atoms. The minimum absolute atomic E-state index is 0.0591. The van der Waals surface area contributed by atoms with Crippen LogP contribution in [0.25, 0.3) is 11.0 Å². The maximum absolute atomic E-state index is 13.5. The van der Waals surface area contributed by atoms with E-state index in [2.05, 4.69) is 4.74 Å².